The molecular formula is C30H44N4O4+2. The second-order valence-corrected chi connectivity index (χ2v) is 11.9. The number of hydrogen-bond donors (Lipinski definition) is 2. The van der Waals surface area contributed by atoms with Gasteiger partial charge in [-0.3, -0.25) is 19.2 Å². The van der Waals surface area contributed by atoms with Crippen LogP contribution in [0.25, 0.3) is 0 Å². The van der Waals surface area contributed by atoms with E-state index in [1.54, 1.807) is 24.3 Å². The fraction of sp³-hybridized carbons (Fsp3) is 0.667. The Kier molecular flexibility index (Phi) is 8.89. The molecule has 0 radical (unpaired) electrons. The van der Waals surface area contributed by atoms with Crippen molar-refractivity contribution in [2.24, 2.45) is 0 Å². The molecule has 1 aromatic rings. The van der Waals surface area contributed by atoms with Crippen LogP contribution < -0.4 is 20.4 Å². The highest BCUT2D eigenvalue weighted by atomic mass is 16.2. The van der Waals surface area contributed by atoms with Crippen molar-refractivity contribution in [1.29, 1.82) is 0 Å². The molecule has 5 rings (SSSR count). The van der Waals surface area contributed by atoms with Crippen LogP contribution in [-0.2, 0) is 19.2 Å². The summed E-state index contributed by atoms with van der Waals surface area (Å²) in [6.45, 7) is 0. The molecule has 0 spiro atoms. The van der Waals surface area contributed by atoms with E-state index in [9.17, 15) is 19.2 Å². The van der Waals surface area contributed by atoms with Gasteiger partial charge < -0.3 is 10.6 Å². The number of carbonyl (C=O) groups excluding carboxylic acids is 4. The zero-order valence-electron chi connectivity index (χ0n) is 22.6. The Hall–Kier alpha value is -2.58. The molecule has 4 fully saturated rings. The third kappa shape index (κ3) is 6.18. The summed E-state index contributed by atoms with van der Waals surface area (Å²) in [6.07, 6.45) is 17.2. The van der Waals surface area contributed by atoms with Gasteiger partial charge in [-0.1, -0.05) is 38.5 Å². The number of anilines is 2. The van der Waals surface area contributed by atoms with E-state index < -0.39 is 0 Å². The summed E-state index contributed by atoms with van der Waals surface area (Å²) in [5.74, 6) is -0.687. The van der Waals surface area contributed by atoms with Crippen molar-refractivity contribution in [1.82, 2.24) is 0 Å². The molecule has 8 nitrogen and oxygen atoms in total. The molecule has 2 aliphatic heterocycles. The molecule has 0 unspecified atom stereocenters. The average molecular weight is 525 g/mol. The van der Waals surface area contributed by atoms with Crippen molar-refractivity contribution in [2.45, 2.75) is 127 Å². The van der Waals surface area contributed by atoms with Gasteiger partial charge in [-0.2, -0.15) is 0 Å². The normalized spacial score (nSPS) is 26.9. The topological polar surface area (TPSA) is 108 Å². The smallest absolute Gasteiger partial charge is 0.292 e. The van der Waals surface area contributed by atoms with Crippen LogP contribution in [0.1, 0.15) is 103 Å². The highest BCUT2D eigenvalue weighted by Crippen LogP contribution is 2.28. The fourth-order valence-corrected chi connectivity index (χ4v) is 6.92. The maximum Gasteiger partial charge on any atom is 0.292 e. The molecule has 1 aromatic carbocycles. The molecule has 38 heavy (non-hydrogen) atoms. The lowest BCUT2D eigenvalue weighted by atomic mass is 9.96. The van der Waals surface area contributed by atoms with Crippen LogP contribution in [0.4, 0.5) is 11.4 Å². The second-order valence-electron chi connectivity index (χ2n) is 11.9. The largest absolute Gasteiger partial charge is 0.333 e. The lowest BCUT2D eigenvalue weighted by molar-refractivity contribution is -0.709. The summed E-state index contributed by atoms with van der Waals surface area (Å²) >= 11 is 0. The standard InChI is InChI=1S/C30H42N4O4/c35-27-19-25(31-21-11-7-3-1-4-8-12-21)29(37)33(27)23-15-17-24(18-16-23)34-28(36)20-26(30(34)38)32-22-13-9-5-2-6-10-14-22/h15-18,21-22,25-26,31-32H,1-14,19-20H2/p+2/t25-,26+. The molecule has 2 heterocycles. The monoisotopic (exact) mass is 524 g/mol. The van der Waals surface area contributed by atoms with E-state index in [4.69, 9.17) is 0 Å². The van der Waals surface area contributed by atoms with Crippen LogP contribution in [0.5, 0.6) is 0 Å². The maximum atomic E-state index is 13.2. The first-order valence-electron chi connectivity index (χ1n) is 15.0. The summed E-state index contributed by atoms with van der Waals surface area (Å²) in [5, 5.41) is 4.27. The molecular weight excluding hydrogens is 480 g/mol. The first-order valence-corrected chi connectivity index (χ1v) is 15.0. The summed E-state index contributed by atoms with van der Waals surface area (Å²) in [6, 6.07) is 6.84. The number of rotatable bonds is 6. The molecule has 2 saturated heterocycles. The van der Waals surface area contributed by atoms with E-state index in [1.165, 1.54) is 74.0 Å². The van der Waals surface area contributed by atoms with Crippen molar-refractivity contribution < 1.29 is 29.8 Å². The summed E-state index contributed by atoms with van der Waals surface area (Å²) in [7, 11) is 0. The van der Waals surface area contributed by atoms with E-state index >= 15 is 0 Å². The Morgan fingerprint density at radius 3 is 1.16 bits per heavy atom. The van der Waals surface area contributed by atoms with Gasteiger partial charge >= 0.3 is 0 Å². The third-order valence-corrected chi connectivity index (χ3v) is 9.04. The van der Waals surface area contributed by atoms with Gasteiger partial charge in [0.1, 0.15) is 0 Å². The van der Waals surface area contributed by atoms with E-state index in [0.717, 1.165) is 25.7 Å². The molecule has 206 valence electrons. The highest BCUT2D eigenvalue weighted by molar-refractivity contribution is 6.23. The van der Waals surface area contributed by atoms with E-state index in [0.29, 0.717) is 23.5 Å². The van der Waals surface area contributed by atoms with Crippen LogP contribution >= 0.6 is 0 Å². The Labute approximate surface area is 225 Å². The van der Waals surface area contributed by atoms with Crippen LogP contribution in [-0.4, -0.2) is 47.8 Å². The van der Waals surface area contributed by atoms with E-state index in [-0.39, 0.29) is 48.6 Å². The highest BCUT2D eigenvalue weighted by Gasteiger charge is 2.45. The van der Waals surface area contributed by atoms with Crippen LogP contribution in [0.3, 0.4) is 0 Å². The minimum Gasteiger partial charge on any atom is -0.333 e. The lowest BCUT2D eigenvalue weighted by Crippen LogP contribution is -2.96. The van der Waals surface area contributed by atoms with Crippen LogP contribution in [0, 0.1) is 0 Å². The van der Waals surface area contributed by atoms with Crippen molar-refractivity contribution in [3.63, 3.8) is 0 Å². The predicted molar refractivity (Wildman–Crippen MR) is 144 cm³/mol. The Morgan fingerprint density at radius 2 is 0.816 bits per heavy atom. The molecule has 0 aromatic heterocycles. The minimum absolute atomic E-state index is 0.160. The van der Waals surface area contributed by atoms with Gasteiger partial charge in [-0.15, -0.1) is 0 Å². The summed E-state index contributed by atoms with van der Waals surface area (Å²) < 4.78 is 0. The molecule has 0 bridgehead atoms. The molecule has 8 heteroatoms. The second kappa shape index (κ2) is 12.5. The van der Waals surface area contributed by atoms with Crippen molar-refractivity contribution >= 4 is 35.0 Å². The SMILES string of the molecule is O=C1C[C@H]([NH2+]C2CCCCCCC2)C(=O)N1c1ccc(N2C(=O)C[C@@H]([NH2+]C3CCCCCCC3)C2=O)cc1. The molecule has 4 amide bonds. The number of benzene rings is 1. The Morgan fingerprint density at radius 1 is 0.500 bits per heavy atom. The van der Waals surface area contributed by atoms with E-state index in [2.05, 4.69) is 10.6 Å². The quantitative estimate of drug-likeness (QED) is 0.557. The van der Waals surface area contributed by atoms with Gasteiger partial charge in [-0.25, -0.2) is 9.80 Å². The van der Waals surface area contributed by atoms with E-state index in [1.807, 2.05) is 0 Å². The van der Waals surface area contributed by atoms with Crippen molar-refractivity contribution in [3.05, 3.63) is 24.3 Å². The number of nitrogens with two attached hydrogens (primary N) is 2. The molecule has 2 atom stereocenters. The number of nitrogens with zero attached hydrogens (tertiary/aromatic N) is 2. The summed E-state index contributed by atoms with van der Waals surface area (Å²) in [5.41, 5.74) is 1.02. The van der Waals surface area contributed by atoms with Crippen molar-refractivity contribution in [3.8, 4) is 0 Å². The zero-order valence-corrected chi connectivity index (χ0v) is 22.6. The summed E-state index contributed by atoms with van der Waals surface area (Å²) in [4.78, 5) is 54.7. The molecule has 2 aliphatic carbocycles. The number of imide groups is 2. The van der Waals surface area contributed by atoms with Gasteiger partial charge in [0.25, 0.3) is 11.8 Å². The first-order chi connectivity index (χ1) is 18.5. The average Bonchev–Trinajstić information content (AvgIpc) is 3.30. The lowest BCUT2D eigenvalue weighted by Gasteiger charge is -2.22. The predicted octanol–water partition coefficient (Wildman–Crippen LogP) is 2.30. The number of quaternary nitrogens is 2. The minimum atomic E-state index is -0.363. The Balaban J connectivity index is 1.21. The molecule has 4 N–H and O–H groups in total. The number of hydrogen-bond acceptors (Lipinski definition) is 4. The van der Waals surface area contributed by atoms with Crippen LogP contribution in [0.2, 0.25) is 0 Å². The zero-order chi connectivity index (χ0) is 26.5. The number of amides is 4. The first kappa shape index (κ1) is 27.0. The van der Waals surface area contributed by atoms with Crippen LogP contribution in [0.15, 0.2) is 24.3 Å². The molecule has 4 aliphatic rings. The van der Waals surface area contributed by atoms with Gasteiger partial charge in [0.2, 0.25) is 11.8 Å². The third-order valence-electron chi connectivity index (χ3n) is 9.04. The molecule has 2 saturated carbocycles. The van der Waals surface area contributed by atoms with Gasteiger partial charge in [-0.05, 0) is 75.6 Å². The van der Waals surface area contributed by atoms with Gasteiger partial charge in [0.05, 0.1) is 36.3 Å². The maximum absolute atomic E-state index is 13.2. The van der Waals surface area contributed by atoms with Crippen molar-refractivity contribution in [2.75, 3.05) is 9.80 Å². The van der Waals surface area contributed by atoms with Gasteiger partial charge in [0.15, 0.2) is 12.1 Å². The number of carbonyl (C=O) groups is 4. The van der Waals surface area contributed by atoms with Gasteiger partial charge in [0, 0.05) is 0 Å². The fourth-order valence-electron chi connectivity index (χ4n) is 6.92. The Bertz CT molecular complexity index is 929.